The molecule has 5 heteroatoms. The summed E-state index contributed by atoms with van der Waals surface area (Å²) in [6.07, 6.45) is 2.24. The number of carbonyl (C=O) groups is 1. The number of aryl methyl sites for hydroxylation is 2. The number of thiophene rings is 1. The highest BCUT2D eigenvalue weighted by molar-refractivity contribution is 7.19. The lowest BCUT2D eigenvalue weighted by atomic mass is 10.0. The molecule has 2 N–H and O–H groups in total. The number of nitrogens with zero attached hydrogens (tertiary/aromatic N) is 1. The number of nitrogens with one attached hydrogen (secondary N) is 1. The lowest BCUT2D eigenvalue weighted by Crippen LogP contribution is -2.37. The van der Waals surface area contributed by atoms with Gasteiger partial charge in [0.1, 0.15) is 6.04 Å². The Morgan fingerprint density at radius 1 is 1.25 bits per heavy atom. The van der Waals surface area contributed by atoms with Gasteiger partial charge in [0, 0.05) is 17.6 Å². The second-order valence-corrected chi connectivity index (χ2v) is 7.16. The Kier molecular flexibility index (Phi) is 4.92. The Labute approximate surface area is 145 Å². The molecule has 0 spiro atoms. The Hall–Kier alpha value is -2.24. The van der Waals surface area contributed by atoms with Crippen molar-refractivity contribution in [1.29, 1.82) is 0 Å². The second kappa shape index (κ2) is 7.11. The SMILES string of the molecule is Cc1ccc(CC(NCc2cc3ncccc3s2)C(=O)O)cc1C. The number of aromatic nitrogens is 1. The molecule has 0 aliphatic rings. The van der Waals surface area contributed by atoms with Crippen molar-refractivity contribution in [2.45, 2.75) is 32.9 Å². The number of pyridine rings is 1. The number of rotatable bonds is 6. The first-order valence-electron chi connectivity index (χ1n) is 7.88. The van der Waals surface area contributed by atoms with Crippen molar-refractivity contribution < 1.29 is 9.90 Å². The fraction of sp³-hybridized carbons (Fsp3) is 0.263. The predicted molar refractivity (Wildman–Crippen MR) is 97.5 cm³/mol. The minimum Gasteiger partial charge on any atom is -0.480 e. The normalized spacial score (nSPS) is 12.4. The van der Waals surface area contributed by atoms with Crippen molar-refractivity contribution in [3.8, 4) is 0 Å². The molecule has 4 nitrogen and oxygen atoms in total. The lowest BCUT2D eigenvalue weighted by molar-refractivity contribution is -0.139. The van der Waals surface area contributed by atoms with Gasteiger partial charge >= 0.3 is 5.97 Å². The van der Waals surface area contributed by atoms with Crippen molar-refractivity contribution in [2.24, 2.45) is 0 Å². The maximum absolute atomic E-state index is 11.6. The molecule has 0 bridgehead atoms. The molecule has 2 aromatic heterocycles. The molecule has 0 saturated carbocycles. The van der Waals surface area contributed by atoms with Crippen LogP contribution in [0.4, 0.5) is 0 Å². The summed E-state index contributed by atoms with van der Waals surface area (Å²) in [6.45, 7) is 4.64. The summed E-state index contributed by atoms with van der Waals surface area (Å²) in [4.78, 5) is 17.0. The van der Waals surface area contributed by atoms with E-state index in [1.807, 2.05) is 37.3 Å². The van der Waals surface area contributed by atoms with Crippen LogP contribution < -0.4 is 5.32 Å². The molecular weight excluding hydrogens is 320 g/mol. The smallest absolute Gasteiger partial charge is 0.321 e. The molecule has 0 aliphatic heterocycles. The van der Waals surface area contributed by atoms with E-state index in [1.54, 1.807) is 17.5 Å². The van der Waals surface area contributed by atoms with Crippen molar-refractivity contribution in [1.82, 2.24) is 10.3 Å². The van der Waals surface area contributed by atoms with Crippen LogP contribution >= 0.6 is 11.3 Å². The summed E-state index contributed by atoms with van der Waals surface area (Å²) in [5, 5.41) is 12.7. The molecule has 24 heavy (non-hydrogen) atoms. The Bertz CT molecular complexity index is 840. The zero-order valence-corrected chi connectivity index (χ0v) is 14.6. The van der Waals surface area contributed by atoms with Crippen LogP contribution in [0.5, 0.6) is 0 Å². The number of benzene rings is 1. The monoisotopic (exact) mass is 340 g/mol. The summed E-state index contributed by atoms with van der Waals surface area (Å²) in [5.41, 5.74) is 4.40. The molecule has 0 aliphatic carbocycles. The van der Waals surface area contributed by atoms with Crippen molar-refractivity contribution >= 4 is 27.5 Å². The largest absolute Gasteiger partial charge is 0.480 e. The van der Waals surface area contributed by atoms with Crippen LogP contribution in [0, 0.1) is 13.8 Å². The van der Waals surface area contributed by atoms with E-state index in [9.17, 15) is 9.90 Å². The van der Waals surface area contributed by atoms with Gasteiger partial charge < -0.3 is 5.11 Å². The summed E-state index contributed by atoms with van der Waals surface area (Å²) in [5.74, 6) is -0.826. The van der Waals surface area contributed by atoms with Crippen LogP contribution in [0.15, 0.2) is 42.6 Å². The van der Waals surface area contributed by atoms with Crippen molar-refractivity contribution in [3.05, 3.63) is 64.2 Å². The van der Waals surface area contributed by atoms with Crippen molar-refractivity contribution in [2.75, 3.05) is 0 Å². The van der Waals surface area contributed by atoms with Gasteiger partial charge in [-0.25, -0.2) is 0 Å². The third-order valence-corrected chi connectivity index (χ3v) is 5.26. The third-order valence-electron chi connectivity index (χ3n) is 4.17. The summed E-state index contributed by atoms with van der Waals surface area (Å²) >= 11 is 1.64. The average molecular weight is 340 g/mol. The zero-order valence-electron chi connectivity index (χ0n) is 13.7. The van der Waals surface area contributed by atoms with E-state index in [0.717, 1.165) is 20.7 Å². The maximum Gasteiger partial charge on any atom is 0.321 e. The summed E-state index contributed by atoms with van der Waals surface area (Å²) in [6, 6.07) is 11.5. The summed E-state index contributed by atoms with van der Waals surface area (Å²) < 4.78 is 1.12. The highest BCUT2D eigenvalue weighted by Gasteiger charge is 2.18. The Balaban J connectivity index is 1.69. The minimum atomic E-state index is -0.826. The van der Waals surface area contributed by atoms with Gasteiger partial charge in [-0.15, -0.1) is 11.3 Å². The van der Waals surface area contributed by atoms with Gasteiger partial charge in [-0.3, -0.25) is 15.1 Å². The van der Waals surface area contributed by atoms with E-state index in [1.165, 1.54) is 11.1 Å². The van der Waals surface area contributed by atoms with Gasteiger partial charge in [0.25, 0.3) is 0 Å². The van der Waals surface area contributed by atoms with Crippen LogP contribution in [0.2, 0.25) is 0 Å². The molecule has 0 fully saturated rings. The quantitative estimate of drug-likeness (QED) is 0.718. The first-order valence-corrected chi connectivity index (χ1v) is 8.70. The van der Waals surface area contributed by atoms with Crippen molar-refractivity contribution in [3.63, 3.8) is 0 Å². The average Bonchev–Trinajstić information content (AvgIpc) is 2.97. The van der Waals surface area contributed by atoms with Gasteiger partial charge in [0.05, 0.1) is 10.2 Å². The molecule has 0 saturated heterocycles. The zero-order chi connectivity index (χ0) is 17.1. The van der Waals surface area contributed by atoms with Gasteiger partial charge in [-0.05, 0) is 55.2 Å². The Morgan fingerprint density at radius 2 is 2.08 bits per heavy atom. The van der Waals surface area contributed by atoms with E-state index < -0.39 is 12.0 Å². The molecule has 3 aromatic rings. The number of carboxylic acids is 1. The van der Waals surface area contributed by atoms with Crippen LogP contribution in [0.3, 0.4) is 0 Å². The number of aliphatic carboxylic acids is 1. The van der Waals surface area contributed by atoms with Crippen LogP contribution in [-0.4, -0.2) is 22.1 Å². The number of carboxylic acid groups (broad SMARTS) is 1. The van der Waals surface area contributed by atoms with E-state index in [4.69, 9.17) is 0 Å². The standard InChI is InChI=1S/C19H20N2O2S/c1-12-5-6-14(8-13(12)2)9-17(19(22)23)21-11-15-10-16-18(24-15)4-3-7-20-16/h3-8,10,17,21H,9,11H2,1-2H3,(H,22,23). The summed E-state index contributed by atoms with van der Waals surface area (Å²) in [7, 11) is 0. The molecule has 3 rings (SSSR count). The Morgan fingerprint density at radius 3 is 2.79 bits per heavy atom. The maximum atomic E-state index is 11.6. The highest BCUT2D eigenvalue weighted by Crippen LogP contribution is 2.23. The third kappa shape index (κ3) is 3.80. The minimum absolute atomic E-state index is 0.472. The van der Waals surface area contributed by atoms with Crippen LogP contribution in [-0.2, 0) is 17.8 Å². The second-order valence-electron chi connectivity index (χ2n) is 5.99. The molecular formula is C19H20N2O2S. The number of fused-ring (bicyclic) bond motifs is 1. The topological polar surface area (TPSA) is 62.2 Å². The van der Waals surface area contributed by atoms with Gasteiger partial charge in [0.15, 0.2) is 0 Å². The highest BCUT2D eigenvalue weighted by atomic mass is 32.1. The van der Waals surface area contributed by atoms with E-state index in [2.05, 4.69) is 23.3 Å². The number of hydrogen-bond acceptors (Lipinski definition) is 4. The van der Waals surface area contributed by atoms with Crippen LogP contribution in [0.25, 0.3) is 10.2 Å². The van der Waals surface area contributed by atoms with E-state index in [-0.39, 0.29) is 0 Å². The number of hydrogen-bond donors (Lipinski definition) is 2. The molecule has 2 heterocycles. The van der Waals surface area contributed by atoms with E-state index >= 15 is 0 Å². The van der Waals surface area contributed by atoms with E-state index in [0.29, 0.717) is 13.0 Å². The van der Waals surface area contributed by atoms with Gasteiger partial charge in [0.2, 0.25) is 0 Å². The fourth-order valence-corrected chi connectivity index (χ4v) is 3.62. The molecule has 1 atom stereocenters. The molecule has 1 unspecified atom stereocenters. The molecule has 0 amide bonds. The molecule has 1 aromatic carbocycles. The van der Waals surface area contributed by atoms with Gasteiger partial charge in [-0.2, -0.15) is 0 Å². The molecule has 124 valence electrons. The first kappa shape index (κ1) is 16.6. The predicted octanol–water partition coefficient (Wildman–Crippen LogP) is 3.70. The van der Waals surface area contributed by atoms with Gasteiger partial charge in [-0.1, -0.05) is 18.2 Å². The fourth-order valence-electron chi connectivity index (χ4n) is 2.64. The first-order chi connectivity index (χ1) is 11.5. The van der Waals surface area contributed by atoms with Crippen LogP contribution in [0.1, 0.15) is 21.6 Å². The lowest BCUT2D eigenvalue weighted by Gasteiger charge is -2.15. The molecule has 0 radical (unpaired) electrons.